The summed E-state index contributed by atoms with van der Waals surface area (Å²) in [5, 5.41) is 5.08. The van der Waals surface area contributed by atoms with Crippen molar-refractivity contribution >= 4 is 12.0 Å². The van der Waals surface area contributed by atoms with Crippen LogP contribution in [0.3, 0.4) is 0 Å². The molecule has 2 aromatic rings. The number of nitrogens with one attached hydrogen (secondary N) is 2. The van der Waals surface area contributed by atoms with Crippen LogP contribution in [0.25, 0.3) is 0 Å². The number of ether oxygens (including phenoxy) is 2. The second kappa shape index (κ2) is 10.1. The molecule has 0 aromatic heterocycles. The molecule has 144 valence electrons. The van der Waals surface area contributed by atoms with Gasteiger partial charge in [-0.15, -0.1) is 0 Å². The van der Waals surface area contributed by atoms with Gasteiger partial charge in [-0.2, -0.15) is 8.78 Å². The van der Waals surface area contributed by atoms with Gasteiger partial charge in [0, 0.05) is 6.54 Å². The molecule has 1 atom stereocenters. The molecule has 0 spiro atoms. The molecule has 8 heteroatoms. The van der Waals surface area contributed by atoms with E-state index < -0.39 is 24.7 Å². The molecule has 6 nitrogen and oxygen atoms in total. The second-order valence-electron chi connectivity index (χ2n) is 5.67. The van der Waals surface area contributed by atoms with Gasteiger partial charge in [-0.05, 0) is 30.2 Å². The molecule has 2 aromatic carbocycles. The molecule has 0 aliphatic rings. The van der Waals surface area contributed by atoms with Crippen molar-refractivity contribution in [1.82, 2.24) is 10.6 Å². The van der Waals surface area contributed by atoms with E-state index in [1.54, 1.807) is 12.1 Å². The number of hydrogen-bond donors (Lipinski definition) is 2. The molecule has 27 heavy (non-hydrogen) atoms. The lowest BCUT2D eigenvalue weighted by molar-refractivity contribution is -0.122. The normalized spacial score (nSPS) is 11.6. The van der Waals surface area contributed by atoms with Crippen LogP contribution in [0.1, 0.15) is 18.1 Å². The SMILES string of the molecule is C[C@@H](NC(=O)OCc1ccccc1)C(=O)NCc1ccc(OC(F)F)cc1. The van der Waals surface area contributed by atoms with Crippen LogP contribution in [0.15, 0.2) is 54.6 Å². The molecule has 0 saturated heterocycles. The molecule has 2 amide bonds. The predicted octanol–water partition coefficient (Wildman–Crippen LogP) is 3.22. The highest BCUT2D eigenvalue weighted by Crippen LogP contribution is 2.14. The van der Waals surface area contributed by atoms with Gasteiger partial charge in [0.05, 0.1) is 0 Å². The number of rotatable bonds is 8. The maximum Gasteiger partial charge on any atom is 0.408 e. The summed E-state index contributed by atoms with van der Waals surface area (Å²) in [6.45, 7) is -1.07. The van der Waals surface area contributed by atoms with E-state index in [-0.39, 0.29) is 18.9 Å². The maximum absolute atomic E-state index is 12.1. The topological polar surface area (TPSA) is 76.7 Å². The molecule has 0 bridgehead atoms. The smallest absolute Gasteiger partial charge is 0.408 e. The number of benzene rings is 2. The zero-order valence-electron chi connectivity index (χ0n) is 14.7. The van der Waals surface area contributed by atoms with Crippen LogP contribution in [-0.2, 0) is 22.7 Å². The van der Waals surface area contributed by atoms with Crippen molar-refractivity contribution in [3.8, 4) is 5.75 Å². The maximum atomic E-state index is 12.1. The van der Waals surface area contributed by atoms with Crippen LogP contribution in [0.2, 0.25) is 0 Å². The molecule has 0 heterocycles. The highest BCUT2D eigenvalue weighted by molar-refractivity contribution is 5.85. The number of hydrogen-bond acceptors (Lipinski definition) is 4. The Bertz CT molecular complexity index is 739. The van der Waals surface area contributed by atoms with E-state index in [2.05, 4.69) is 15.4 Å². The number of alkyl carbamates (subject to hydrolysis) is 1. The molecule has 0 unspecified atom stereocenters. The largest absolute Gasteiger partial charge is 0.445 e. The Kier molecular flexibility index (Phi) is 7.54. The van der Waals surface area contributed by atoms with Crippen LogP contribution in [-0.4, -0.2) is 24.7 Å². The third-order valence-corrected chi connectivity index (χ3v) is 3.56. The summed E-state index contributed by atoms with van der Waals surface area (Å²) in [5.41, 5.74) is 1.54. The molecule has 0 aliphatic heterocycles. The molecule has 0 aliphatic carbocycles. The van der Waals surface area contributed by atoms with Crippen molar-refractivity contribution in [2.75, 3.05) is 0 Å². The highest BCUT2D eigenvalue weighted by atomic mass is 19.3. The fourth-order valence-corrected chi connectivity index (χ4v) is 2.14. The quantitative estimate of drug-likeness (QED) is 0.740. The first-order valence-corrected chi connectivity index (χ1v) is 8.22. The van der Waals surface area contributed by atoms with Gasteiger partial charge >= 0.3 is 12.7 Å². The highest BCUT2D eigenvalue weighted by Gasteiger charge is 2.16. The Labute approximate surface area is 155 Å². The van der Waals surface area contributed by atoms with Crippen molar-refractivity contribution in [3.05, 3.63) is 65.7 Å². The number of carbonyl (C=O) groups is 2. The van der Waals surface area contributed by atoms with E-state index >= 15 is 0 Å². The third kappa shape index (κ3) is 7.31. The van der Waals surface area contributed by atoms with Gasteiger partial charge in [-0.1, -0.05) is 42.5 Å². The van der Waals surface area contributed by atoms with Crippen LogP contribution < -0.4 is 15.4 Å². The van der Waals surface area contributed by atoms with E-state index in [1.165, 1.54) is 19.1 Å². The summed E-state index contributed by atoms with van der Waals surface area (Å²) in [7, 11) is 0. The molecule has 0 radical (unpaired) electrons. The van der Waals surface area contributed by atoms with Gasteiger partial charge in [0.1, 0.15) is 18.4 Å². The van der Waals surface area contributed by atoms with E-state index in [0.717, 1.165) is 5.56 Å². The fourth-order valence-electron chi connectivity index (χ4n) is 2.14. The Morgan fingerprint density at radius 1 is 1.00 bits per heavy atom. The van der Waals surface area contributed by atoms with E-state index in [1.807, 2.05) is 30.3 Å². The summed E-state index contributed by atoms with van der Waals surface area (Å²) in [5.74, 6) is -0.365. The molecule has 2 N–H and O–H groups in total. The lowest BCUT2D eigenvalue weighted by Gasteiger charge is -2.14. The van der Waals surface area contributed by atoms with Crippen molar-refractivity contribution in [1.29, 1.82) is 0 Å². The summed E-state index contributed by atoms with van der Waals surface area (Å²) in [6.07, 6.45) is -0.699. The number of amides is 2. The fraction of sp³-hybridized carbons (Fsp3) is 0.263. The van der Waals surface area contributed by atoms with Gasteiger partial charge in [0.25, 0.3) is 0 Å². The standard InChI is InChI=1S/C19H20F2N2O4/c1-13(23-19(25)26-12-15-5-3-2-4-6-15)17(24)22-11-14-7-9-16(10-8-14)27-18(20)21/h2-10,13,18H,11-12H2,1H3,(H,22,24)(H,23,25)/t13-/m1/s1. The van der Waals surface area contributed by atoms with Crippen molar-refractivity contribution < 1.29 is 27.8 Å². The first kappa shape index (κ1) is 20.2. The first-order chi connectivity index (χ1) is 12.9. The zero-order valence-corrected chi connectivity index (χ0v) is 14.7. The second-order valence-corrected chi connectivity index (χ2v) is 5.67. The summed E-state index contributed by atoms with van der Waals surface area (Å²) < 4.78 is 33.5. The average Bonchev–Trinajstić information content (AvgIpc) is 2.66. The minimum atomic E-state index is -2.89. The Morgan fingerprint density at radius 2 is 1.67 bits per heavy atom. The molecular weight excluding hydrogens is 358 g/mol. The van der Waals surface area contributed by atoms with Crippen molar-refractivity contribution in [2.24, 2.45) is 0 Å². The zero-order chi connectivity index (χ0) is 19.6. The van der Waals surface area contributed by atoms with Gasteiger partial charge < -0.3 is 20.1 Å². The monoisotopic (exact) mass is 378 g/mol. The van der Waals surface area contributed by atoms with Crippen LogP contribution in [0, 0.1) is 0 Å². The molecular formula is C19H20F2N2O4. The van der Waals surface area contributed by atoms with Crippen molar-refractivity contribution in [2.45, 2.75) is 32.7 Å². The minimum absolute atomic E-state index is 0.0382. The van der Waals surface area contributed by atoms with Gasteiger partial charge in [-0.25, -0.2) is 4.79 Å². The average molecular weight is 378 g/mol. The number of halogens is 2. The summed E-state index contributed by atoms with van der Waals surface area (Å²) >= 11 is 0. The molecule has 2 rings (SSSR count). The van der Waals surface area contributed by atoms with Crippen LogP contribution in [0.5, 0.6) is 5.75 Å². The summed E-state index contributed by atoms with van der Waals surface area (Å²) in [6, 6.07) is 14.3. The van der Waals surface area contributed by atoms with Gasteiger partial charge in [-0.3, -0.25) is 4.79 Å². The summed E-state index contributed by atoms with van der Waals surface area (Å²) in [4.78, 5) is 23.8. The Morgan fingerprint density at radius 3 is 2.30 bits per heavy atom. The molecule has 0 fully saturated rings. The van der Waals surface area contributed by atoms with E-state index in [4.69, 9.17) is 4.74 Å². The first-order valence-electron chi connectivity index (χ1n) is 8.22. The van der Waals surface area contributed by atoms with Crippen molar-refractivity contribution in [3.63, 3.8) is 0 Å². The Balaban J connectivity index is 1.72. The predicted molar refractivity (Wildman–Crippen MR) is 94.1 cm³/mol. The lowest BCUT2D eigenvalue weighted by Crippen LogP contribution is -2.44. The number of alkyl halides is 2. The van der Waals surface area contributed by atoms with Gasteiger partial charge in [0.15, 0.2) is 0 Å². The van der Waals surface area contributed by atoms with E-state index in [9.17, 15) is 18.4 Å². The van der Waals surface area contributed by atoms with Gasteiger partial charge in [0.2, 0.25) is 5.91 Å². The Hall–Kier alpha value is -3.16. The number of carbonyl (C=O) groups excluding carboxylic acids is 2. The minimum Gasteiger partial charge on any atom is -0.445 e. The third-order valence-electron chi connectivity index (χ3n) is 3.56. The van der Waals surface area contributed by atoms with E-state index in [0.29, 0.717) is 5.56 Å². The molecule has 0 saturated carbocycles. The van der Waals surface area contributed by atoms with Crippen LogP contribution >= 0.6 is 0 Å². The van der Waals surface area contributed by atoms with Crippen LogP contribution in [0.4, 0.5) is 13.6 Å². The lowest BCUT2D eigenvalue weighted by atomic mass is 10.2.